The summed E-state index contributed by atoms with van der Waals surface area (Å²) in [5, 5.41) is 11.8. The lowest BCUT2D eigenvalue weighted by Gasteiger charge is -2.18. The SMILES string of the molecule is CCCCCCCOc1ccc(C=[N+]([O-])C(C)(C)C)c(F)c1. The van der Waals surface area contributed by atoms with Crippen molar-refractivity contribution in [1.29, 1.82) is 0 Å². The predicted octanol–water partition coefficient (Wildman–Crippen LogP) is 4.90. The van der Waals surface area contributed by atoms with Crippen molar-refractivity contribution in [2.24, 2.45) is 0 Å². The molecule has 0 N–H and O–H groups in total. The molecule has 22 heavy (non-hydrogen) atoms. The number of ether oxygens (including phenoxy) is 1. The van der Waals surface area contributed by atoms with Crippen molar-refractivity contribution in [2.75, 3.05) is 6.61 Å². The zero-order valence-electron chi connectivity index (χ0n) is 14.2. The van der Waals surface area contributed by atoms with Gasteiger partial charge in [0.25, 0.3) is 0 Å². The second kappa shape index (κ2) is 8.76. The highest BCUT2D eigenvalue weighted by atomic mass is 19.1. The fourth-order valence-corrected chi connectivity index (χ4v) is 1.92. The van der Waals surface area contributed by atoms with E-state index in [4.69, 9.17) is 4.74 Å². The normalized spacial score (nSPS) is 12.5. The number of hydrogen-bond acceptors (Lipinski definition) is 2. The van der Waals surface area contributed by atoms with Crippen molar-refractivity contribution in [3.63, 3.8) is 0 Å². The van der Waals surface area contributed by atoms with Crippen LogP contribution in [0.2, 0.25) is 0 Å². The van der Waals surface area contributed by atoms with Gasteiger partial charge in [0.15, 0.2) is 11.8 Å². The standard InChI is InChI=1S/C18H28FNO2/c1-5-6-7-8-9-12-22-16-11-10-15(17(19)13-16)14-20(21)18(2,3)4/h10-11,13-14H,5-9,12H2,1-4H3. The molecule has 0 fully saturated rings. The van der Waals surface area contributed by atoms with Gasteiger partial charge in [0.2, 0.25) is 0 Å². The molecule has 1 aromatic carbocycles. The predicted molar refractivity (Wildman–Crippen MR) is 89.2 cm³/mol. The molecule has 0 atom stereocenters. The van der Waals surface area contributed by atoms with Crippen molar-refractivity contribution < 1.29 is 13.9 Å². The van der Waals surface area contributed by atoms with Crippen molar-refractivity contribution in [3.05, 3.63) is 34.8 Å². The molecule has 0 bridgehead atoms. The molecular formula is C18H28FNO2. The van der Waals surface area contributed by atoms with Crippen LogP contribution in [0.15, 0.2) is 18.2 Å². The van der Waals surface area contributed by atoms with Gasteiger partial charge in [-0.1, -0.05) is 32.6 Å². The van der Waals surface area contributed by atoms with E-state index in [0.29, 0.717) is 12.4 Å². The summed E-state index contributed by atoms with van der Waals surface area (Å²) < 4.78 is 20.3. The molecule has 124 valence electrons. The Balaban J connectivity index is 2.55. The van der Waals surface area contributed by atoms with Crippen molar-refractivity contribution in [2.45, 2.75) is 65.3 Å². The van der Waals surface area contributed by atoms with Crippen molar-refractivity contribution in [1.82, 2.24) is 0 Å². The summed E-state index contributed by atoms with van der Waals surface area (Å²) in [4.78, 5) is 0. The Morgan fingerprint density at radius 3 is 2.45 bits per heavy atom. The molecule has 0 spiro atoms. The lowest BCUT2D eigenvalue weighted by Crippen LogP contribution is -2.29. The molecule has 0 aromatic heterocycles. The largest absolute Gasteiger partial charge is 0.623 e. The molecule has 1 aromatic rings. The van der Waals surface area contributed by atoms with Gasteiger partial charge in [0.05, 0.1) is 12.2 Å². The molecule has 0 heterocycles. The number of hydroxylamine groups is 1. The Bertz CT molecular complexity index is 492. The number of nitrogens with zero attached hydrogens (tertiary/aromatic N) is 1. The van der Waals surface area contributed by atoms with Gasteiger partial charge in [-0.05, 0) is 18.6 Å². The van der Waals surface area contributed by atoms with Gasteiger partial charge in [-0.15, -0.1) is 0 Å². The Morgan fingerprint density at radius 1 is 1.18 bits per heavy atom. The molecule has 0 aliphatic rings. The molecule has 0 unspecified atom stereocenters. The van der Waals surface area contributed by atoms with Gasteiger partial charge in [0.1, 0.15) is 11.6 Å². The third-order valence-corrected chi connectivity index (χ3v) is 3.41. The third-order valence-electron chi connectivity index (χ3n) is 3.41. The summed E-state index contributed by atoms with van der Waals surface area (Å²) in [6.45, 7) is 8.13. The second-order valence-corrected chi connectivity index (χ2v) is 6.57. The van der Waals surface area contributed by atoms with E-state index in [-0.39, 0.29) is 5.56 Å². The van der Waals surface area contributed by atoms with Gasteiger partial charge >= 0.3 is 0 Å². The van der Waals surface area contributed by atoms with Crippen LogP contribution in [0, 0.1) is 11.0 Å². The van der Waals surface area contributed by atoms with E-state index >= 15 is 0 Å². The molecule has 1 rings (SSSR count). The topological polar surface area (TPSA) is 35.3 Å². The molecule has 0 aliphatic carbocycles. The maximum absolute atomic E-state index is 14.0. The summed E-state index contributed by atoms with van der Waals surface area (Å²) in [6.07, 6.45) is 7.08. The van der Waals surface area contributed by atoms with Crippen LogP contribution in [0.4, 0.5) is 4.39 Å². The Labute approximate surface area is 133 Å². The molecule has 0 radical (unpaired) electrons. The Hall–Kier alpha value is -1.58. The highest BCUT2D eigenvalue weighted by Gasteiger charge is 2.19. The van der Waals surface area contributed by atoms with Crippen LogP contribution >= 0.6 is 0 Å². The smallest absolute Gasteiger partial charge is 0.185 e. The Kier molecular flexibility index (Phi) is 7.36. The quantitative estimate of drug-likeness (QED) is 0.225. The van der Waals surface area contributed by atoms with Gasteiger partial charge in [-0.25, -0.2) is 9.13 Å². The summed E-state index contributed by atoms with van der Waals surface area (Å²) >= 11 is 0. The first-order chi connectivity index (χ1) is 10.3. The first kappa shape index (κ1) is 18.5. The van der Waals surface area contributed by atoms with Crippen LogP contribution in [0.1, 0.15) is 65.4 Å². The van der Waals surface area contributed by atoms with E-state index in [1.807, 2.05) is 0 Å². The highest BCUT2D eigenvalue weighted by molar-refractivity contribution is 5.76. The molecule has 3 nitrogen and oxygen atoms in total. The van der Waals surface area contributed by atoms with E-state index in [1.165, 1.54) is 31.5 Å². The summed E-state index contributed by atoms with van der Waals surface area (Å²) in [6, 6.07) is 4.63. The molecule has 0 saturated heterocycles. The number of rotatable bonds is 8. The van der Waals surface area contributed by atoms with Crippen LogP contribution in [-0.2, 0) is 0 Å². The van der Waals surface area contributed by atoms with Crippen LogP contribution in [0.3, 0.4) is 0 Å². The van der Waals surface area contributed by atoms with Gasteiger partial charge in [-0.3, -0.25) is 0 Å². The first-order valence-electron chi connectivity index (χ1n) is 8.08. The molecule has 4 heteroatoms. The Morgan fingerprint density at radius 2 is 1.86 bits per heavy atom. The fraction of sp³-hybridized carbons (Fsp3) is 0.611. The zero-order valence-corrected chi connectivity index (χ0v) is 14.2. The molecule has 0 saturated carbocycles. The summed E-state index contributed by atoms with van der Waals surface area (Å²) in [5.41, 5.74) is -0.305. The highest BCUT2D eigenvalue weighted by Crippen LogP contribution is 2.17. The van der Waals surface area contributed by atoms with E-state index in [1.54, 1.807) is 32.9 Å². The lowest BCUT2D eigenvalue weighted by molar-refractivity contribution is -0.530. The number of hydrogen-bond donors (Lipinski definition) is 0. The number of halogens is 1. The minimum absolute atomic E-state index is 0.278. The fourth-order valence-electron chi connectivity index (χ4n) is 1.92. The van der Waals surface area contributed by atoms with Crippen molar-refractivity contribution >= 4 is 6.21 Å². The summed E-state index contributed by atoms with van der Waals surface area (Å²) in [7, 11) is 0. The van der Waals surface area contributed by atoms with E-state index in [0.717, 1.165) is 17.6 Å². The van der Waals surface area contributed by atoms with Crippen LogP contribution in [-0.4, -0.2) is 23.1 Å². The first-order valence-corrected chi connectivity index (χ1v) is 8.08. The minimum atomic E-state index is -0.583. The molecule has 0 amide bonds. The maximum atomic E-state index is 14.0. The number of unbranched alkanes of at least 4 members (excludes halogenated alkanes) is 4. The second-order valence-electron chi connectivity index (χ2n) is 6.57. The van der Waals surface area contributed by atoms with Crippen molar-refractivity contribution in [3.8, 4) is 5.75 Å². The number of benzene rings is 1. The molecule has 0 aliphatic heterocycles. The van der Waals surface area contributed by atoms with E-state index < -0.39 is 11.4 Å². The molecular weight excluding hydrogens is 281 g/mol. The van der Waals surface area contributed by atoms with E-state index in [2.05, 4.69) is 6.92 Å². The average Bonchev–Trinajstić information content (AvgIpc) is 2.44. The van der Waals surface area contributed by atoms with Crippen LogP contribution < -0.4 is 4.74 Å². The van der Waals surface area contributed by atoms with Gasteiger partial charge in [-0.2, -0.15) is 0 Å². The monoisotopic (exact) mass is 309 g/mol. The zero-order chi connectivity index (χ0) is 16.6. The van der Waals surface area contributed by atoms with Gasteiger partial charge < -0.3 is 9.94 Å². The van der Waals surface area contributed by atoms with Gasteiger partial charge in [0, 0.05) is 26.8 Å². The summed E-state index contributed by atoms with van der Waals surface area (Å²) in [5.74, 6) is 0.0759. The van der Waals surface area contributed by atoms with Crippen LogP contribution in [0.25, 0.3) is 0 Å². The maximum Gasteiger partial charge on any atom is 0.185 e. The average molecular weight is 309 g/mol. The van der Waals surface area contributed by atoms with Crippen LogP contribution in [0.5, 0.6) is 5.75 Å². The lowest BCUT2D eigenvalue weighted by atomic mass is 10.1. The van der Waals surface area contributed by atoms with E-state index in [9.17, 15) is 9.60 Å². The third kappa shape index (κ3) is 6.46. The minimum Gasteiger partial charge on any atom is -0.623 e.